The molecule has 90 valence electrons. The van der Waals surface area contributed by atoms with Gasteiger partial charge in [-0.15, -0.1) is 0 Å². The zero-order valence-electron chi connectivity index (χ0n) is 9.98. The van der Waals surface area contributed by atoms with Crippen molar-refractivity contribution in [2.45, 2.75) is 6.54 Å². The minimum absolute atomic E-state index is 0.907. The van der Waals surface area contributed by atoms with Crippen LogP contribution in [0.5, 0.6) is 0 Å². The highest BCUT2D eigenvalue weighted by molar-refractivity contribution is 5.04. The lowest BCUT2D eigenvalue weighted by Gasteiger charge is -2.32. The van der Waals surface area contributed by atoms with Gasteiger partial charge in [-0.1, -0.05) is 0 Å². The molecule has 0 amide bonds. The van der Waals surface area contributed by atoms with Gasteiger partial charge in [0.1, 0.15) is 0 Å². The Labute approximate surface area is 97.2 Å². The van der Waals surface area contributed by atoms with E-state index < -0.39 is 0 Å². The van der Waals surface area contributed by atoms with Gasteiger partial charge in [0.2, 0.25) is 0 Å². The molecule has 0 aliphatic carbocycles. The molecule has 1 aromatic heterocycles. The van der Waals surface area contributed by atoms with E-state index in [0.717, 1.165) is 19.6 Å². The molecule has 1 aliphatic heterocycles. The number of rotatable bonds is 5. The van der Waals surface area contributed by atoms with E-state index in [9.17, 15) is 0 Å². The lowest BCUT2D eigenvalue weighted by molar-refractivity contribution is 0.154. The van der Waals surface area contributed by atoms with E-state index in [1.54, 1.807) is 12.5 Å². The van der Waals surface area contributed by atoms with Gasteiger partial charge in [0.05, 0.1) is 12.5 Å². The van der Waals surface area contributed by atoms with E-state index in [0.29, 0.717) is 0 Å². The van der Waals surface area contributed by atoms with Crippen molar-refractivity contribution in [2.24, 2.45) is 0 Å². The van der Waals surface area contributed by atoms with E-state index in [4.69, 9.17) is 4.42 Å². The topological polar surface area (TPSA) is 31.6 Å². The highest BCUT2D eigenvalue weighted by Gasteiger charge is 2.12. The van der Waals surface area contributed by atoms with Gasteiger partial charge in [0.25, 0.3) is 0 Å². The monoisotopic (exact) mass is 223 g/mol. The summed E-state index contributed by atoms with van der Waals surface area (Å²) in [6, 6.07) is 2.00. The molecule has 1 N–H and O–H groups in total. The van der Waals surface area contributed by atoms with E-state index in [1.807, 2.05) is 6.07 Å². The van der Waals surface area contributed by atoms with Crippen LogP contribution in [0.4, 0.5) is 0 Å². The first-order chi connectivity index (χ1) is 7.84. The zero-order chi connectivity index (χ0) is 11.2. The van der Waals surface area contributed by atoms with Gasteiger partial charge >= 0.3 is 0 Å². The highest BCUT2D eigenvalue weighted by Crippen LogP contribution is 1.99. The summed E-state index contributed by atoms with van der Waals surface area (Å²) in [6.07, 6.45) is 3.51. The van der Waals surface area contributed by atoms with Crippen molar-refractivity contribution in [1.82, 2.24) is 15.1 Å². The van der Waals surface area contributed by atoms with Crippen molar-refractivity contribution in [1.29, 1.82) is 0 Å². The first-order valence-corrected chi connectivity index (χ1v) is 5.97. The van der Waals surface area contributed by atoms with E-state index >= 15 is 0 Å². The molecule has 1 aromatic rings. The van der Waals surface area contributed by atoms with Crippen LogP contribution in [0.25, 0.3) is 0 Å². The molecule has 2 heterocycles. The average Bonchev–Trinajstić information content (AvgIpc) is 2.80. The molecule has 0 atom stereocenters. The first-order valence-electron chi connectivity index (χ1n) is 5.97. The highest BCUT2D eigenvalue weighted by atomic mass is 16.3. The molecule has 2 rings (SSSR count). The molecule has 1 aliphatic rings. The number of nitrogens with one attached hydrogen (secondary N) is 1. The van der Waals surface area contributed by atoms with Crippen molar-refractivity contribution < 1.29 is 4.42 Å². The molecule has 0 bridgehead atoms. The molecule has 0 spiro atoms. The fraction of sp³-hybridized carbons (Fsp3) is 0.667. The Morgan fingerprint density at radius 1 is 1.31 bits per heavy atom. The molecule has 1 saturated heterocycles. The van der Waals surface area contributed by atoms with Crippen molar-refractivity contribution in [3.05, 3.63) is 24.2 Å². The second-order valence-electron chi connectivity index (χ2n) is 4.45. The third-order valence-corrected chi connectivity index (χ3v) is 3.11. The Morgan fingerprint density at radius 2 is 2.12 bits per heavy atom. The quantitative estimate of drug-likeness (QED) is 0.741. The Balaban J connectivity index is 1.55. The van der Waals surface area contributed by atoms with Gasteiger partial charge in [-0.2, -0.15) is 0 Å². The van der Waals surface area contributed by atoms with Gasteiger partial charge in [-0.3, -0.25) is 4.90 Å². The summed E-state index contributed by atoms with van der Waals surface area (Å²) in [5, 5.41) is 3.43. The maximum Gasteiger partial charge on any atom is 0.0947 e. The number of piperazine rings is 1. The Kier molecular flexibility index (Phi) is 4.39. The van der Waals surface area contributed by atoms with E-state index in [-0.39, 0.29) is 0 Å². The molecular formula is C12H21N3O. The van der Waals surface area contributed by atoms with Gasteiger partial charge < -0.3 is 14.6 Å². The minimum atomic E-state index is 0.907. The van der Waals surface area contributed by atoms with Crippen molar-refractivity contribution in [3.63, 3.8) is 0 Å². The Hall–Kier alpha value is -0.840. The molecule has 0 unspecified atom stereocenters. The first kappa shape index (κ1) is 11.6. The fourth-order valence-corrected chi connectivity index (χ4v) is 1.93. The predicted octanol–water partition coefficient (Wildman–Crippen LogP) is 0.617. The Bertz CT molecular complexity index is 278. The number of furan rings is 1. The summed E-state index contributed by atoms with van der Waals surface area (Å²) in [7, 11) is 2.19. The van der Waals surface area contributed by atoms with Crippen LogP contribution in [0.15, 0.2) is 23.0 Å². The predicted molar refractivity (Wildman–Crippen MR) is 64.4 cm³/mol. The van der Waals surface area contributed by atoms with Crippen LogP contribution >= 0.6 is 0 Å². The van der Waals surface area contributed by atoms with Crippen molar-refractivity contribution in [2.75, 3.05) is 46.3 Å². The van der Waals surface area contributed by atoms with Crippen LogP contribution in [-0.2, 0) is 6.54 Å². The smallest absolute Gasteiger partial charge is 0.0947 e. The summed E-state index contributed by atoms with van der Waals surface area (Å²) in [5.41, 5.74) is 1.22. The standard InChI is InChI=1S/C12H21N3O/c1-14-5-7-15(8-6-14)4-3-13-10-12-2-9-16-11-12/h2,9,11,13H,3-8,10H2,1H3. The normalized spacial score (nSPS) is 19.1. The van der Waals surface area contributed by atoms with Gasteiger partial charge in [0, 0.05) is 51.4 Å². The van der Waals surface area contributed by atoms with Crippen LogP contribution in [0, 0.1) is 0 Å². The largest absolute Gasteiger partial charge is 0.472 e. The third kappa shape index (κ3) is 3.63. The lowest BCUT2D eigenvalue weighted by Crippen LogP contribution is -2.46. The Morgan fingerprint density at radius 3 is 2.81 bits per heavy atom. The van der Waals surface area contributed by atoms with Gasteiger partial charge in [-0.25, -0.2) is 0 Å². The third-order valence-electron chi connectivity index (χ3n) is 3.11. The number of nitrogens with zero attached hydrogens (tertiary/aromatic N) is 2. The van der Waals surface area contributed by atoms with Crippen molar-refractivity contribution in [3.8, 4) is 0 Å². The lowest BCUT2D eigenvalue weighted by atomic mass is 10.3. The maximum atomic E-state index is 5.02. The molecule has 0 saturated carbocycles. The number of hydrogen-bond donors (Lipinski definition) is 1. The van der Waals surface area contributed by atoms with Crippen LogP contribution in [0.2, 0.25) is 0 Å². The van der Waals surface area contributed by atoms with Gasteiger partial charge in [-0.05, 0) is 13.1 Å². The van der Waals surface area contributed by atoms with Crippen LogP contribution in [-0.4, -0.2) is 56.1 Å². The molecule has 0 aromatic carbocycles. The van der Waals surface area contributed by atoms with Crippen LogP contribution in [0.3, 0.4) is 0 Å². The van der Waals surface area contributed by atoms with E-state index in [2.05, 4.69) is 22.2 Å². The molecule has 4 nitrogen and oxygen atoms in total. The second kappa shape index (κ2) is 6.03. The SMILES string of the molecule is CN1CCN(CCNCc2ccoc2)CC1. The summed E-state index contributed by atoms with van der Waals surface area (Å²) in [5.74, 6) is 0. The molecule has 1 fully saturated rings. The zero-order valence-corrected chi connectivity index (χ0v) is 9.98. The molecule has 4 heteroatoms. The fourth-order valence-electron chi connectivity index (χ4n) is 1.93. The number of hydrogen-bond acceptors (Lipinski definition) is 4. The minimum Gasteiger partial charge on any atom is -0.472 e. The summed E-state index contributed by atoms with van der Waals surface area (Å²) in [4.78, 5) is 4.90. The van der Waals surface area contributed by atoms with Crippen LogP contribution < -0.4 is 5.32 Å². The summed E-state index contributed by atoms with van der Waals surface area (Å²) >= 11 is 0. The number of likely N-dealkylation sites (N-methyl/N-ethyl adjacent to an activating group) is 1. The maximum absolute atomic E-state index is 5.02. The van der Waals surface area contributed by atoms with Crippen LogP contribution in [0.1, 0.15) is 5.56 Å². The average molecular weight is 223 g/mol. The molecular weight excluding hydrogens is 202 g/mol. The summed E-state index contributed by atoms with van der Waals surface area (Å²) in [6.45, 7) is 7.89. The van der Waals surface area contributed by atoms with Crippen molar-refractivity contribution >= 4 is 0 Å². The molecule has 0 radical (unpaired) electrons. The second-order valence-corrected chi connectivity index (χ2v) is 4.45. The van der Waals surface area contributed by atoms with Gasteiger partial charge in [0.15, 0.2) is 0 Å². The summed E-state index contributed by atoms with van der Waals surface area (Å²) < 4.78 is 5.02. The van der Waals surface area contributed by atoms with E-state index in [1.165, 1.54) is 31.7 Å². The molecule has 16 heavy (non-hydrogen) atoms.